The molecule has 2 aromatic rings. The Balaban J connectivity index is 1.57. The maximum Gasteiger partial charge on any atom is 0.268 e. The predicted molar refractivity (Wildman–Crippen MR) is 75.9 cm³/mol. The average Bonchev–Trinajstić information content (AvgIpc) is 3.19. The third-order valence-corrected chi connectivity index (χ3v) is 5.37. The maximum absolute atomic E-state index is 12.8. The number of nitrogens with zero attached hydrogens (tertiary/aromatic N) is 6. The van der Waals surface area contributed by atoms with Crippen LogP contribution in [-0.2, 0) is 0 Å². The van der Waals surface area contributed by atoms with Crippen LogP contribution >= 0.6 is 11.5 Å². The summed E-state index contributed by atoms with van der Waals surface area (Å²) in [6.07, 6.45) is 7.43. The smallest absolute Gasteiger partial charge is 0.268 e. The summed E-state index contributed by atoms with van der Waals surface area (Å²) in [5.74, 6) is 0.0990. The van der Waals surface area contributed by atoms with Gasteiger partial charge in [-0.25, -0.2) is 0 Å². The van der Waals surface area contributed by atoms with E-state index in [0.29, 0.717) is 10.9 Å². The molecule has 2 saturated heterocycles. The number of carbonyl (C=O) groups excluding carboxylic acids is 1. The highest BCUT2D eigenvalue weighted by Gasteiger charge is 2.45. The van der Waals surface area contributed by atoms with Gasteiger partial charge in [0.2, 0.25) is 0 Å². The molecule has 1 amide bonds. The lowest BCUT2D eigenvalue weighted by Gasteiger charge is -2.38. The highest BCUT2D eigenvalue weighted by Crippen LogP contribution is 2.41. The molecule has 2 aromatic heterocycles. The number of hydrogen-bond donors (Lipinski definition) is 0. The molecule has 0 aliphatic carbocycles. The number of amides is 1. The molecule has 4 heterocycles. The molecule has 0 aromatic carbocycles. The van der Waals surface area contributed by atoms with Gasteiger partial charge in [-0.05, 0) is 44.1 Å². The fraction of sp³-hybridized carbons (Fsp3) is 0.615. The quantitative estimate of drug-likeness (QED) is 0.839. The third-order valence-electron chi connectivity index (χ3n) is 4.55. The molecule has 0 radical (unpaired) electrons. The number of hydrogen-bond acceptors (Lipinski definition) is 6. The minimum Gasteiger partial charge on any atom is -0.332 e. The van der Waals surface area contributed by atoms with E-state index in [1.807, 2.05) is 6.92 Å². The molecule has 2 atom stereocenters. The summed E-state index contributed by atoms with van der Waals surface area (Å²) in [6.45, 7) is 1.85. The van der Waals surface area contributed by atoms with Gasteiger partial charge in [-0.3, -0.25) is 4.79 Å². The number of rotatable bonds is 2. The van der Waals surface area contributed by atoms with Crippen LogP contribution in [0.15, 0.2) is 12.4 Å². The van der Waals surface area contributed by atoms with Crippen molar-refractivity contribution in [3.05, 3.63) is 23.0 Å². The Morgan fingerprint density at radius 3 is 2.43 bits per heavy atom. The minimum atomic E-state index is 0.0990. The van der Waals surface area contributed by atoms with Gasteiger partial charge in [0, 0.05) is 12.1 Å². The summed E-state index contributed by atoms with van der Waals surface area (Å²) in [6, 6.07) is 0.879. The Kier molecular flexibility index (Phi) is 2.99. The predicted octanol–water partition coefficient (Wildman–Crippen LogP) is 1.45. The fourth-order valence-electron chi connectivity index (χ4n) is 3.63. The number of carbonyl (C=O) groups is 1. The van der Waals surface area contributed by atoms with Crippen molar-refractivity contribution >= 4 is 17.4 Å². The van der Waals surface area contributed by atoms with Crippen molar-refractivity contribution in [3.8, 4) is 0 Å². The normalized spacial score (nSPS) is 28.0. The van der Waals surface area contributed by atoms with Crippen LogP contribution in [0.2, 0.25) is 0 Å². The van der Waals surface area contributed by atoms with Gasteiger partial charge < -0.3 is 4.90 Å². The molecule has 2 unspecified atom stereocenters. The molecule has 2 fully saturated rings. The lowest BCUT2D eigenvalue weighted by molar-refractivity contribution is 0.0516. The standard InChI is InChI=1S/C13H16N6OS/c1-8-12(21-17-16-8)13(20)18-9-2-3-10(18)7-11(6-9)19-14-4-5-15-19/h4-5,9-11H,2-3,6-7H2,1H3. The molecule has 110 valence electrons. The second-order valence-electron chi connectivity index (χ2n) is 5.76. The molecular weight excluding hydrogens is 288 g/mol. The van der Waals surface area contributed by atoms with Crippen molar-refractivity contribution in [3.63, 3.8) is 0 Å². The van der Waals surface area contributed by atoms with Crippen molar-refractivity contribution in [2.45, 2.75) is 50.7 Å². The molecule has 21 heavy (non-hydrogen) atoms. The summed E-state index contributed by atoms with van der Waals surface area (Å²) in [4.78, 5) is 17.3. The molecule has 2 aliphatic rings. The summed E-state index contributed by atoms with van der Waals surface area (Å²) in [7, 11) is 0. The van der Waals surface area contributed by atoms with Gasteiger partial charge in [-0.1, -0.05) is 4.49 Å². The van der Waals surface area contributed by atoms with E-state index in [-0.39, 0.29) is 18.0 Å². The van der Waals surface area contributed by atoms with Gasteiger partial charge >= 0.3 is 0 Å². The first-order chi connectivity index (χ1) is 10.2. The van der Waals surface area contributed by atoms with E-state index in [9.17, 15) is 4.79 Å². The largest absolute Gasteiger partial charge is 0.332 e. The second kappa shape index (κ2) is 4.87. The molecular formula is C13H16N6OS. The number of aryl methyl sites for hydroxylation is 1. The van der Waals surface area contributed by atoms with Crippen LogP contribution in [0.4, 0.5) is 0 Å². The Morgan fingerprint density at radius 2 is 1.86 bits per heavy atom. The summed E-state index contributed by atoms with van der Waals surface area (Å²) < 4.78 is 3.88. The van der Waals surface area contributed by atoms with Crippen molar-refractivity contribution in [1.29, 1.82) is 0 Å². The van der Waals surface area contributed by atoms with Crippen molar-refractivity contribution < 1.29 is 4.79 Å². The van der Waals surface area contributed by atoms with E-state index in [4.69, 9.17) is 0 Å². The van der Waals surface area contributed by atoms with Crippen molar-refractivity contribution in [1.82, 2.24) is 29.5 Å². The zero-order chi connectivity index (χ0) is 14.4. The van der Waals surface area contributed by atoms with E-state index >= 15 is 0 Å². The van der Waals surface area contributed by atoms with Crippen LogP contribution in [0.25, 0.3) is 0 Å². The summed E-state index contributed by atoms with van der Waals surface area (Å²) >= 11 is 1.20. The van der Waals surface area contributed by atoms with Gasteiger partial charge in [-0.2, -0.15) is 15.0 Å². The van der Waals surface area contributed by atoms with E-state index in [1.54, 1.807) is 17.2 Å². The maximum atomic E-state index is 12.8. The van der Waals surface area contributed by atoms with Crippen LogP contribution in [0.5, 0.6) is 0 Å². The van der Waals surface area contributed by atoms with Crippen LogP contribution < -0.4 is 0 Å². The van der Waals surface area contributed by atoms with Crippen LogP contribution in [0.3, 0.4) is 0 Å². The second-order valence-corrected chi connectivity index (χ2v) is 6.51. The van der Waals surface area contributed by atoms with E-state index in [1.165, 1.54) is 11.5 Å². The van der Waals surface area contributed by atoms with Crippen LogP contribution in [0.1, 0.15) is 47.1 Å². The first-order valence-electron chi connectivity index (χ1n) is 7.21. The molecule has 2 aliphatic heterocycles. The highest BCUT2D eigenvalue weighted by molar-refractivity contribution is 7.07. The molecule has 7 nitrogen and oxygen atoms in total. The van der Waals surface area contributed by atoms with Crippen molar-refractivity contribution in [2.24, 2.45) is 0 Å². The lowest BCUT2D eigenvalue weighted by atomic mass is 9.97. The molecule has 0 N–H and O–H groups in total. The summed E-state index contributed by atoms with van der Waals surface area (Å²) in [5, 5.41) is 12.5. The Labute approximate surface area is 126 Å². The Morgan fingerprint density at radius 1 is 1.19 bits per heavy atom. The molecule has 4 rings (SSSR count). The van der Waals surface area contributed by atoms with Crippen LogP contribution in [-0.4, -0.2) is 47.5 Å². The zero-order valence-corrected chi connectivity index (χ0v) is 12.5. The van der Waals surface area contributed by atoms with Gasteiger partial charge in [0.25, 0.3) is 5.91 Å². The Hall–Kier alpha value is -1.83. The zero-order valence-electron chi connectivity index (χ0n) is 11.7. The van der Waals surface area contributed by atoms with Gasteiger partial charge in [0.15, 0.2) is 0 Å². The Bertz CT molecular complexity index is 639. The average molecular weight is 304 g/mol. The van der Waals surface area contributed by atoms with E-state index in [2.05, 4.69) is 24.7 Å². The summed E-state index contributed by atoms with van der Waals surface area (Å²) in [5.41, 5.74) is 0.736. The first kappa shape index (κ1) is 12.9. The number of piperidine rings is 1. The third kappa shape index (κ3) is 2.05. The fourth-order valence-corrected chi connectivity index (χ4v) is 4.23. The lowest BCUT2D eigenvalue weighted by Crippen LogP contribution is -2.47. The molecule has 2 bridgehead atoms. The first-order valence-corrected chi connectivity index (χ1v) is 7.99. The van der Waals surface area contributed by atoms with Gasteiger partial charge in [-0.15, -0.1) is 5.10 Å². The monoisotopic (exact) mass is 304 g/mol. The van der Waals surface area contributed by atoms with E-state index in [0.717, 1.165) is 31.4 Å². The van der Waals surface area contributed by atoms with Gasteiger partial charge in [0.1, 0.15) is 4.88 Å². The molecule has 0 spiro atoms. The minimum absolute atomic E-state index is 0.0990. The number of fused-ring (bicyclic) bond motifs is 2. The van der Waals surface area contributed by atoms with E-state index < -0.39 is 0 Å². The highest BCUT2D eigenvalue weighted by atomic mass is 32.1. The topological polar surface area (TPSA) is 76.8 Å². The molecule has 8 heteroatoms. The number of aromatic nitrogens is 5. The molecule has 0 saturated carbocycles. The van der Waals surface area contributed by atoms with Crippen molar-refractivity contribution in [2.75, 3.05) is 0 Å². The van der Waals surface area contributed by atoms with Crippen LogP contribution in [0, 0.1) is 6.92 Å². The SMILES string of the molecule is Cc1nnsc1C(=O)N1C2CCC1CC(n1nccn1)C2. The van der Waals surface area contributed by atoms with Gasteiger partial charge in [0.05, 0.1) is 24.1 Å².